The zero-order valence-corrected chi connectivity index (χ0v) is 23.4. The number of hydrogen-bond acceptors (Lipinski definition) is 7. The fraction of sp³-hybridized carbons (Fsp3) is 0.194. The summed E-state index contributed by atoms with van der Waals surface area (Å²) >= 11 is 0. The van der Waals surface area contributed by atoms with Gasteiger partial charge in [-0.1, -0.05) is 12.1 Å². The third kappa shape index (κ3) is 5.44. The SMILES string of the molecule is COc1ccc(NC(=O)C2=C(C)Nc3c(C(=O)Nc4cccc(C)c4)cnn3[C@H]2c2ccc(OC)cc2OC)cc1. The van der Waals surface area contributed by atoms with Gasteiger partial charge < -0.3 is 30.2 Å². The Balaban J connectivity index is 1.57. The third-order valence-electron chi connectivity index (χ3n) is 6.87. The summed E-state index contributed by atoms with van der Waals surface area (Å²) in [6.07, 6.45) is 1.49. The number of benzene rings is 3. The maximum absolute atomic E-state index is 13.8. The van der Waals surface area contributed by atoms with E-state index in [1.54, 1.807) is 69.3 Å². The van der Waals surface area contributed by atoms with Gasteiger partial charge in [0.05, 0.1) is 33.1 Å². The van der Waals surface area contributed by atoms with Crippen LogP contribution < -0.4 is 30.2 Å². The Kier molecular flexibility index (Phi) is 7.64. The molecule has 0 fully saturated rings. The highest BCUT2D eigenvalue weighted by Gasteiger charge is 2.37. The van der Waals surface area contributed by atoms with Gasteiger partial charge in [0.1, 0.15) is 34.7 Å². The van der Waals surface area contributed by atoms with E-state index in [-0.39, 0.29) is 11.8 Å². The van der Waals surface area contributed by atoms with E-state index in [4.69, 9.17) is 14.2 Å². The van der Waals surface area contributed by atoms with Crippen LogP contribution in [0.3, 0.4) is 0 Å². The molecule has 0 bridgehead atoms. The van der Waals surface area contributed by atoms with Gasteiger partial charge in [0.15, 0.2) is 0 Å². The van der Waals surface area contributed by atoms with Crippen LogP contribution in [0.1, 0.15) is 34.5 Å². The van der Waals surface area contributed by atoms with Crippen molar-refractivity contribution in [3.05, 3.63) is 101 Å². The number of aromatic nitrogens is 2. The molecule has 5 rings (SSSR count). The minimum atomic E-state index is -0.717. The Hall–Kier alpha value is -5.25. The number of fused-ring (bicyclic) bond motifs is 1. The summed E-state index contributed by atoms with van der Waals surface area (Å²) in [4.78, 5) is 27.2. The maximum Gasteiger partial charge on any atom is 0.261 e. The molecule has 3 N–H and O–H groups in total. The second-order valence-electron chi connectivity index (χ2n) is 9.53. The first-order valence-corrected chi connectivity index (χ1v) is 12.9. The first kappa shape index (κ1) is 27.3. The third-order valence-corrected chi connectivity index (χ3v) is 6.87. The van der Waals surface area contributed by atoms with E-state index in [2.05, 4.69) is 21.0 Å². The number of carbonyl (C=O) groups excluding carboxylic acids is 2. The van der Waals surface area contributed by atoms with Crippen LogP contribution in [0.4, 0.5) is 17.2 Å². The molecular weight excluding hydrogens is 522 g/mol. The summed E-state index contributed by atoms with van der Waals surface area (Å²) in [5.41, 5.74) is 4.27. The zero-order valence-electron chi connectivity index (χ0n) is 23.4. The number of hydrogen-bond donors (Lipinski definition) is 3. The molecule has 2 amide bonds. The van der Waals surface area contributed by atoms with E-state index in [0.717, 1.165) is 5.56 Å². The first-order valence-electron chi connectivity index (χ1n) is 12.9. The van der Waals surface area contributed by atoms with Crippen molar-refractivity contribution in [2.75, 3.05) is 37.3 Å². The molecule has 10 nitrogen and oxygen atoms in total. The van der Waals surface area contributed by atoms with E-state index >= 15 is 0 Å². The second kappa shape index (κ2) is 11.5. The Morgan fingerprint density at radius 3 is 2.22 bits per heavy atom. The molecule has 1 aromatic heterocycles. The van der Waals surface area contributed by atoms with Crippen molar-refractivity contribution in [3.8, 4) is 17.2 Å². The quantitative estimate of drug-likeness (QED) is 0.268. The van der Waals surface area contributed by atoms with Crippen molar-refractivity contribution in [1.82, 2.24) is 9.78 Å². The van der Waals surface area contributed by atoms with Crippen molar-refractivity contribution >= 4 is 29.0 Å². The molecule has 41 heavy (non-hydrogen) atoms. The highest BCUT2D eigenvalue weighted by molar-refractivity contribution is 6.09. The van der Waals surface area contributed by atoms with Crippen LogP contribution in [-0.2, 0) is 4.79 Å². The number of aryl methyl sites for hydroxylation is 1. The normalized spacial score (nSPS) is 14.0. The molecule has 1 aliphatic heterocycles. The first-order chi connectivity index (χ1) is 19.8. The van der Waals surface area contributed by atoms with Crippen LogP contribution in [-0.4, -0.2) is 42.9 Å². The van der Waals surface area contributed by atoms with Gasteiger partial charge in [0.25, 0.3) is 11.8 Å². The molecule has 0 spiro atoms. The summed E-state index contributed by atoms with van der Waals surface area (Å²) in [6.45, 7) is 3.75. The molecule has 0 saturated carbocycles. The number of nitrogens with one attached hydrogen (secondary N) is 3. The second-order valence-corrected chi connectivity index (χ2v) is 9.53. The molecule has 0 aliphatic carbocycles. The van der Waals surface area contributed by atoms with E-state index in [1.807, 2.05) is 37.3 Å². The fourth-order valence-electron chi connectivity index (χ4n) is 4.84. The van der Waals surface area contributed by atoms with Gasteiger partial charge in [-0.3, -0.25) is 9.59 Å². The molecule has 4 aromatic rings. The summed E-state index contributed by atoms with van der Waals surface area (Å²) in [7, 11) is 4.71. The molecule has 2 heterocycles. The van der Waals surface area contributed by atoms with Crippen LogP contribution in [0.15, 0.2) is 84.2 Å². The average molecular weight is 554 g/mol. The Morgan fingerprint density at radius 1 is 0.829 bits per heavy atom. The molecule has 210 valence electrons. The molecule has 1 aliphatic rings. The van der Waals surface area contributed by atoms with Gasteiger partial charge in [0.2, 0.25) is 0 Å². The number of nitrogens with zero attached hydrogens (tertiary/aromatic N) is 2. The average Bonchev–Trinajstić information content (AvgIpc) is 3.40. The monoisotopic (exact) mass is 553 g/mol. The summed E-state index contributed by atoms with van der Waals surface area (Å²) in [5, 5.41) is 13.8. The molecule has 0 saturated heterocycles. The van der Waals surface area contributed by atoms with Gasteiger partial charge in [-0.15, -0.1) is 0 Å². The number of allylic oxidation sites excluding steroid dienone is 1. The lowest BCUT2D eigenvalue weighted by Crippen LogP contribution is -2.32. The molecule has 0 radical (unpaired) electrons. The van der Waals surface area contributed by atoms with Crippen molar-refractivity contribution in [2.45, 2.75) is 19.9 Å². The van der Waals surface area contributed by atoms with Crippen LogP contribution >= 0.6 is 0 Å². The number of amides is 2. The molecule has 10 heteroatoms. The van der Waals surface area contributed by atoms with Crippen LogP contribution in [0.25, 0.3) is 0 Å². The van der Waals surface area contributed by atoms with Crippen LogP contribution in [0.2, 0.25) is 0 Å². The minimum absolute atomic E-state index is 0.330. The van der Waals surface area contributed by atoms with Gasteiger partial charge in [-0.05, 0) is 67.9 Å². The van der Waals surface area contributed by atoms with Gasteiger partial charge >= 0.3 is 0 Å². The Morgan fingerprint density at radius 2 is 1.54 bits per heavy atom. The lowest BCUT2D eigenvalue weighted by molar-refractivity contribution is -0.113. The molecular formula is C31H31N5O5. The van der Waals surface area contributed by atoms with E-state index < -0.39 is 6.04 Å². The highest BCUT2D eigenvalue weighted by atomic mass is 16.5. The Labute approximate surface area is 237 Å². The van der Waals surface area contributed by atoms with E-state index in [9.17, 15) is 9.59 Å². The lowest BCUT2D eigenvalue weighted by atomic mass is 9.93. The van der Waals surface area contributed by atoms with E-state index in [0.29, 0.717) is 56.8 Å². The fourth-order valence-corrected chi connectivity index (χ4v) is 4.84. The standard InChI is InChI=1S/C31H31N5O5/c1-18-7-6-8-21(15-18)35-30(37)25-17-32-36-28(24-14-13-23(40-4)16-26(24)41-5)27(19(2)33-29(25)36)31(38)34-20-9-11-22(39-3)12-10-20/h6-17,28,33H,1-5H3,(H,34,38)(H,35,37)/t28-/m0/s1. The number of anilines is 3. The van der Waals surface area contributed by atoms with Gasteiger partial charge in [-0.2, -0.15) is 5.10 Å². The van der Waals surface area contributed by atoms with E-state index in [1.165, 1.54) is 6.20 Å². The number of methoxy groups -OCH3 is 3. The molecule has 0 unspecified atom stereocenters. The predicted molar refractivity (Wildman–Crippen MR) is 157 cm³/mol. The number of carbonyl (C=O) groups is 2. The van der Waals surface area contributed by atoms with Gasteiger partial charge in [-0.25, -0.2) is 4.68 Å². The van der Waals surface area contributed by atoms with Crippen LogP contribution in [0, 0.1) is 6.92 Å². The minimum Gasteiger partial charge on any atom is -0.497 e. The summed E-state index contributed by atoms with van der Waals surface area (Å²) < 4.78 is 18.0. The Bertz CT molecular complexity index is 1640. The maximum atomic E-state index is 13.8. The lowest BCUT2D eigenvalue weighted by Gasteiger charge is -2.31. The number of ether oxygens (including phenoxy) is 3. The predicted octanol–water partition coefficient (Wildman–Crippen LogP) is 5.40. The topological polar surface area (TPSA) is 116 Å². The van der Waals surface area contributed by atoms with Crippen molar-refractivity contribution in [3.63, 3.8) is 0 Å². The van der Waals surface area contributed by atoms with Crippen molar-refractivity contribution < 1.29 is 23.8 Å². The van der Waals surface area contributed by atoms with Crippen LogP contribution in [0.5, 0.6) is 17.2 Å². The highest BCUT2D eigenvalue weighted by Crippen LogP contribution is 2.42. The summed E-state index contributed by atoms with van der Waals surface area (Å²) in [5.74, 6) is 1.57. The van der Waals surface area contributed by atoms with Gasteiger partial charge in [0, 0.05) is 28.7 Å². The molecule has 3 aromatic carbocycles. The largest absolute Gasteiger partial charge is 0.497 e. The number of rotatable bonds is 8. The van der Waals surface area contributed by atoms with Crippen molar-refractivity contribution in [1.29, 1.82) is 0 Å². The summed E-state index contributed by atoms with van der Waals surface area (Å²) in [6, 6.07) is 19.3. The zero-order chi connectivity index (χ0) is 29.1. The van der Waals surface area contributed by atoms with Crippen molar-refractivity contribution in [2.24, 2.45) is 0 Å². The molecule has 1 atom stereocenters. The smallest absolute Gasteiger partial charge is 0.261 e.